The van der Waals surface area contributed by atoms with Crippen LogP contribution in [0.2, 0.25) is 0 Å². The predicted molar refractivity (Wildman–Crippen MR) is 108 cm³/mol. The zero-order chi connectivity index (χ0) is 20.4. The summed E-state index contributed by atoms with van der Waals surface area (Å²) in [6.45, 7) is 6.67. The van der Waals surface area contributed by atoms with Crippen LogP contribution < -0.4 is 15.0 Å². The molecule has 4 rings (SSSR count). The Morgan fingerprint density at radius 3 is 2.59 bits per heavy atom. The third-order valence-electron chi connectivity index (χ3n) is 4.97. The highest BCUT2D eigenvalue weighted by atomic mass is 16.5. The third-order valence-corrected chi connectivity index (χ3v) is 4.97. The molecule has 0 aliphatic carbocycles. The summed E-state index contributed by atoms with van der Waals surface area (Å²) in [5.74, 6) is 2.43. The highest BCUT2D eigenvalue weighted by Crippen LogP contribution is 2.32. The molecule has 0 spiro atoms. The van der Waals surface area contributed by atoms with Gasteiger partial charge in [0.25, 0.3) is 5.91 Å². The molecule has 0 atom stereocenters. The summed E-state index contributed by atoms with van der Waals surface area (Å²) < 4.78 is 16.5. The van der Waals surface area contributed by atoms with Crippen molar-refractivity contribution in [2.45, 2.75) is 20.4 Å². The number of carbonyl (C=O) groups is 1. The largest absolute Gasteiger partial charge is 0.497 e. The Morgan fingerprint density at radius 1 is 1.17 bits per heavy atom. The molecule has 0 bridgehead atoms. The molecule has 1 amide bonds. The molecule has 1 aliphatic heterocycles. The van der Waals surface area contributed by atoms with Crippen LogP contribution in [0.1, 0.15) is 27.5 Å². The van der Waals surface area contributed by atoms with Gasteiger partial charge in [0.1, 0.15) is 23.2 Å². The first-order valence-electron chi connectivity index (χ1n) is 9.58. The van der Waals surface area contributed by atoms with E-state index in [1.54, 1.807) is 14.0 Å². The molecule has 8 nitrogen and oxygen atoms in total. The molecule has 3 heterocycles. The predicted octanol–water partition coefficient (Wildman–Crippen LogP) is 2.61. The lowest BCUT2D eigenvalue weighted by molar-refractivity contribution is 0.0951. The molecule has 0 unspecified atom stereocenters. The van der Waals surface area contributed by atoms with Gasteiger partial charge in [-0.1, -0.05) is 12.1 Å². The molecule has 0 radical (unpaired) electrons. The van der Waals surface area contributed by atoms with Crippen LogP contribution in [-0.4, -0.2) is 49.3 Å². The number of nitrogens with one attached hydrogen (secondary N) is 1. The molecule has 1 aliphatic rings. The Kier molecular flexibility index (Phi) is 5.35. The monoisotopic (exact) mass is 396 g/mol. The Hall–Kier alpha value is -3.13. The lowest BCUT2D eigenvalue weighted by atomic mass is 10.1. The number of amides is 1. The molecule has 3 aromatic rings. The molecule has 8 heteroatoms. The molecular weight excluding hydrogens is 372 g/mol. The second-order valence-electron chi connectivity index (χ2n) is 6.94. The van der Waals surface area contributed by atoms with Crippen LogP contribution in [0, 0.1) is 13.8 Å². The van der Waals surface area contributed by atoms with Gasteiger partial charge in [0.05, 0.1) is 31.3 Å². The van der Waals surface area contributed by atoms with Gasteiger partial charge >= 0.3 is 0 Å². The highest BCUT2D eigenvalue weighted by Gasteiger charge is 2.26. The summed E-state index contributed by atoms with van der Waals surface area (Å²) >= 11 is 0. The standard InChI is InChI=1S/C21H24N4O4/c1-13-17(20(26)22-12-15-4-6-16(27-3)7-5-15)18-19(25-8-10-28-11-9-25)23-14(2)24-21(18)29-13/h4-7H,8-12H2,1-3H3,(H,22,26). The van der Waals surface area contributed by atoms with E-state index < -0.39 is 0 Å². The quantitative estimate of drug-likeness (QED) is 0.709. The fraction of sp³-hybridized carbons (Fsp3) is 0.381. The number of furan rings is 1. The Bertz CT molecular complexity index is 1020. The zero-order valence-electron chi connectivity index (χ0n) is 16.8. The van der Waals surface area contributed by atoms with Gasteiger partial charge in [-0.05, 0) is 31.5 Å². The minimum Gasteiger partial charge on any atom is -0.497 e. The van der Waals surface area contributed by atoms with E-state index in [1.165, 1.54) is 0 Å². The molecule has 2 aromatic heterocycles. The van der Waals surface area contributed by atoms with Crippen molar-refractivity contribution in [1.82, 2.24) is 15.3 Å². The van der Waals surface area contributed by atoms with Crippen molar-refractivity contribution in [2.75, 3.05) is 38.3 Å². The number of carbonyl (C=O) groups excluding carboxylic acids is 1. The van der Waals surface area contributed by atoms with Crippen LogP contribution in [-0.2, 0) is 11.3 Å². The van der Waals surface area contributed by atoms with E-state index in [1.807, 2.05) is 31.2 Å². The van der Waals surface area contributed by atoms with Gasteiger partial charge in [-0.15, -0.1) is 0 Å². The minimum absolute atomic E-state index is 0.209. The number of fused-ring (bicyclic) bond motifs is 1. The molecule has 1 saturated heterocycles. The maximum atomic E-state index is 13.1. The first-order valence-corrected chi connectivity index (χ1v) is 9.58. The van der Waals surface area contributed by atoms with E-state index in [4.69, 9.17) is 13.9 Å². The van der Waals surface area contributed by atoms with Gasteiger partial charge in [-0.3, -0.25) is 4.79 Å². The van der Waals surface area contributed by atoms with Crippen molar-refractivity contribution in [2.24, 2.45) is 0 Å². The lowest BCUT2D eigenvalue weighted by Crippen LogP contribution is -2.37. The van der Waals surface area contributed by atoms with Crippen LogP contribution in [0.5, 0.6) is 5.75 Å². The second kappa shape index (κ2) is 8.08. The number of rotatable bonds is 5. The minimum atomic E-state index is -0.209. The van der Waals surface area contributed by atoms with Gasteiger partial charge in [-0.25, -0.2) is 4.98 Å². The first-order chi connectivity index (χ1) is 14.1. The number of hydrogen-bond acceptors (Lipinski definition) is 7. The number of methoxy groups -OCH3 is 1. The smallest absolute Gasteiger partial charge is 0.255 e. The van der Waals surface area contributed by atoms with Crippen LogP contribution >= 0.6 is 0 Å². The molecule has 1 fully saturated rings. The van der Waals surface area contributed by atoms with Gasteiger partial charge in [0.15, 0.2) is 0 Å². The van der Waals surface area contributed by atoms with E-state index in [0.29, 0.717) is 61.1 Å². The summed E-state index contributed by atoms with van der Waals surface area (Å²) in [4.78, 5) is 24.2. The van der Waals surface area contributed by atoms with Gasteiger partial charge in [0, 0.05) is 19.6 Å². The molecular formula is C21H24N4O4. The first kappa shape index (κ1) is 19.2. The third kappa shape index (κ3) is 3.88. The van der Waals surface area contributed by atoms with Crippen molar-refractivity contribution in [3.63, 3.8) is 0 Å². The van der Waals surface area contributed by atoms with Crippen molar-refractivity contribution in [3.05, 3.63) is 47.0 Å². The number of aromatic nitrogens is 2. The summed E-state index contributed by atoms with van der Waals surface area (Å²) in [5, 5.41) is 3.63. The van der Waals surface area contributed by atoms with E-state index in [9.17, 15) is 4.79 Å². The van der Waals surface area contributed by atoms with Crippen LogP contribution in [0.25, 0.3) is 11.1 Å². The normalized spacial score (nSPS) is 14.2. The summed E-state index contributed by atoms with van der Waals surface area (Å²) in [5.41, 5.74) is 1.89. The lowest BCUT2D eigenvalue weighted by Gasteiger charge is -2.28. The Balaban J connectivity index is 1.64. The number of aryl methyl sites for hydroxylation is 2. The highest BCUT2D eigenvalue weighted by molar-refractivity contribution is 6.10. The fourth-order valence-corrected chi connectivity index (χ4v) is 3.49. The van der Waals surface area contributed by atoms with Crippen LogP contribution in [0.4, 0.5) is 5.82 Å². The molecule has 1 aromatic carbocycles. The number of benzene rings is 1. The SMILES string of the molecule is COc1ccc(CNC(=O)c2c(C)oc3nc(C)nc(N4CCOCC4)c23)cc1. The van der Waals surface area contributed by atoms with Gasteiger partial charge < -0.3 is 24.1 Å². The average molecular weight is 396 g/mol. The number of morpholine rings is 1. The summed E-state index contributed by atoms with van der Waals surface area (Å²) in [7, 11) is 1.62. The average Bonchev–Trinajstić information content (AvgIpc) is 3.07. The maximum absolute atomic E-state index is 13.1. The topological polar surface area (TPSA) is 89.7 Å². The Labute approximate surface area is 168 Å². The van der Waals surface area contributed by atoms with E-state index in [0.717, 1.165) is 17.1 Å². The number of ether oxygens (including phenoxy) is 2. The second-order valence-corrected chi connectivity index (χ2v) is 6.94. The van der Waals surface area contributed by atoms with Crippen LogP contribution in [0.15, 0.2) is 28.7 Å². The maximum Gasteiger partial charge on any atom is 0.255 e. The fourth-order valence-electron chi connectivity index (χ4n) is 3.49. The number of anilines is 1. The van der Waals surface area contributed by atoms with Crippen molar-refractivity contribution >= 4 is 22.8 Å². The van der Waals surface area contributed by atoms with E-state index >= 15 is 0 Å². The molecule has 152 valence electrons. The van der Waals surface area contributed by atoms with Crippen molar-refractivity contribution in [3.8, 4) is 5.75 Å². The van der Waals surface area contributed by atoms with E-state index in [2.05, 4.69) is 20.2 Å². The number of hydrogen-bond donors (Lipinski definition) is 1. The molecule has 29 heavy (non-hydrogen) atoms. The van der Waals surface area contributed by atoms with Crippen molar-refractivity contribution < 1.29 is 18.7 Å². The molecule has 1 N–H and O–H groups in total. The summed E-state index contributed by atoms with van der Waals surface area (Å²) in [6.07, 6.45) is 0. The summed E-state index contributed by atoms with van der Waals surface area (Å²) in [6, 6.07) is 7.58. The van der Waals surface area contributed by atoms with Gasteiger partial charge in [0.2, 0.25) is 5.71 Å². The van der Waals surface area contributed by atoms with Crippen LogP contribution in [0.3, 0.4) is 0 Å². The molecule has 0 saturated carbocycles. The Morgan fingerprint density at radius 2 is 1.90 bits per heavy atom. The zero-order valence-corrected chi connectivity index (χ0v) is 16.8. The van der Waals surface area contributed by atoms with Crippen molar-refractivity contribution in [1.29, 1.82) is 0 Å². The van der Waals surface area contributed by atoms with Gasteiger partial charge in [-0.2, -0.15) is 4.98 Å². The number of nitrogens with zero attached hydrogens (tertiary/aromatic N) is 3. The van der Waals surface area contributed by atoms with E-state index in [-0.39, 0.29) is 5.91 Å².